The molecule has 0 bridgehead atoms. The molecule has 1 fully saturated rings. The Balaban J connectivity index is 1.85. The Kier molecular flexibility index (Phi) is 7.14. The summed E-state index contributed by atoms with van der Waals surface area (Å²) in [7, 11) is 0. The maximum atomic E-state index is 12.3. The van der Waals surface area contributed by atoms with Gasteiger partial charge in [-0.3, -0.25) is 19.7 Å². The third kappa shape index (κ3) is 5.55. The van der Waals surface area contributed by atoms with Crippen LogP contribution >= 0.6 is 0 Å². The van der Waals surface area contributed by atoms with Crippen molar-refractivity contribution in [2.24, 2.45) is 11.8 Å². The van der Waals surface area contributed by atoms with E-state index in [-0.39, 0.29) is 24.8 Å². The lowest BCUT2D eigenvalue weighted by molar-refractivity contribution is -0.152. The molecule has 152 valence electrons. The van der Waals surface area contributed by atoms with E-state index in [0.29, 0.717) is 6.54 Å². The third-order valence-electron chi connectivity index (χ3n) is 4.59. The van der Waals surface area contributed by atoms with Gasteiger partial charge in [0.25, 0.3) is 5.91 Å². The highest BCUT2D eigenvalue weighted by molar-refractivity contribution is 6.00. The van der Waals surface area contributed by atoms with Crippen LogP contribution in [0.3, 0.4) is 0 Å². The van der Waals surface area contributed by atoms with Crippen LogP contribution in [0.2, 0.25) is 0 Å². The number of nitrogens with one attached hydrogen (secondary N) is 2. The van der Waals surface area contributed by atoms with Crippen molar-refractivity contribution in [1.29, 1.82) is 0 Å². The lowest BCUT2D eigenvalue weighted by atomic mass is 10.1. The topological polar surface area (TPSA) is 105 Å². The van der Waals surface area contributed by atoms with Crippen LogP contribution in [0.25, 0.3) is 0 Å². The number of ether oxygens (including phenoxy) is 1. The molecule has 1 aromatic rings. The van der Waals surface area contributed by atoms with E-state index in [2.05, 4.69) is 10.6 Å². The lowest BCUT2D eigenvalue weighted by Gasteiger charge is -2.20. The van der Waals surface area contributed by atoms with Crippen molar-refractivity contribution in [1.82, 2.24) is 10.6 Å². The molecule has 4 amide bonds. The summed E-state index contributed by atoms with van der Waals surface area (Å²) in [5.74, 6) is -1.90. The molecule has 1 heterocycles. The number of imide groups is 1. The summed E-state index contributed by atoms with van der Waals surface area (Å²) in [6.07, 6.45) is 0.0305. The molecular weight excluding hydrogens is 362 g/mol. The Hall–Kier alpha value is -2.90. The highest BCUT2D eigenvalue weighted by Gasteiger charge is 2.37. The van der Waals surface area contributed by atoms with Crippen molar-refractivity contribution < 1.29 is 23.9 Å². The number of carbonyl (C=O) groups is 4. The first-order valence-electron chi connectivity index (χ1n) is 9.30. The van der Waals surface area contributed by atoms with E-state index >= 15 is 0 Å². The first-order valence-corrected chi connectivity index (χ1v) is 9.30. The number of amides is 4. The van der Waals surface area contributed by atoms with E-state index < -0.39 is 30.4 Å². The van der Waals surface area contributed by atoms with Crippen molar-refractivity contribution in [3.63, 3.8) is 0 Å². The summed E-state index contributed by atoms with van der Waals surface area (Å²) < 4.78 is 4.99. The Morgan fingerprint density at radius 3 is 2.64 bits per heavy atom. The minimum atomic E-state index is -0.717. The molecular formula is C20H27N3O5. The Bertz CT molecular complexity index is 775. The molecule has 28 heavy (non-hydrogen) atoms. The number of hydrogen-bond acceptors (Lipinski definition) is 5. The molecule has 1 atom stereocenters. The number of rotatable bonds is 6. The zero-order valence-electron chi connectivity index (χ0n) is 16.7. The zero-order valence-corrected chi connectivity index (χ0v) is 16.7. The smallest absolute Gasteiger partial charge is 0.321 e. The molecule has 0 spiro atoms. The SMILES string of the molecule is Cc1cccc(N2C[C@H](C(=O)OCC(=O)NC(=O)NCC(C)C)CC2=O)c1C. The lowest BCUT2D eigenvalue weighted by Crippen LogP contribution is -2.42. The van der Waals surface area contributed by atoms with E-state index in [9.17, 15) is 19.2 Å². The molecule has 1 saturated heterocycles. The van der Waals surface area contributed by atoms with E-state index in [0.717, 1.165) is 16.8 Å². The van der Waals surface area contributed by atoms with Gasteiger partial charge >= 0.3 is 12.0 Å². The number of urea groups is 1. The van der Waals surface area contributed by atoms with Crippen LogP contribution in [-0.2, 0) is 19.1 Å². The van der Waals surface area contributed by atoms with Gasteiger partial charge in [0.15, 0.2) is 6.61 Å². The van der Waals surface area contributed by atoms with Gasteiger partial charge in [0.1, 0.15) is 0 Å². The van der Waals surface area contributed by atoms with Gasteiger partial charge in [0.2, 0.25) is 5.91 Å². The Morgan fingerprint density at radius 2 is 1.96 bits per heavy atom. The molecule has 0 radical (unpaired) electrons. The summed E-state index contributed by atoms with van der Waals surface area (Å²) in [5.41, 5.74) is 2.82. The number of benzene rings is 1. The fraction of sp³-hybridized carbons (Fsp3) is 0.500. The van der Waals surface area contributed by atoms with Gasteiger partial charge in [0.05, 0.1) is 5.92 Å². The summed E-state index contributed by atoms with van der Waals surface area (Å²) in [4.78, 5) is 49.4. The molecule has 1 aromatic carbocycles. The highest BCUT2D eigenvalue weighted by Crippen LogP contribution is 2.29. The average molecular weight is 389 g/mol. The fourth-order valence-electron chi connectivity index (χ4n) is 2.88. The first-order chi connectivity index (χ1) is 13.2. The Labute approximate surface area is 164 Å². The second-order valence-corrected chi connectivity index (χ2v) is 7.38. The molecule has 0 saturated carbocycles. The van der Waals surface area contributed by atoms with Gasteiger partial charge < -0.3 is 15.0 Å². The minimum Gasteiger partial charge on any atom is -0.455 e. The molecule has 0 unspecified atom stereocenters. The van der Waals surface area contributed by atoms with Crippen LogP contribution in [-0.4, -0.2) is 43.5 Å². The van der Waals surface area contributed by atoms with Crippen LogP contribution in [0.15, 0.2) is 18.2 Å². The monoisotopic (exact) mass is 389 g/mol. The second kappa shape index (κ2) is 9.34. The number of hydrogen-bond donors (Lipinski definition) is 2. The number of esters is 1. The number of aryl methyl sites for hydroxylation is 1. The fourth-order valence-corrected chi connectivity index (χ4v) is 2.88. The average Bonchev–Trinajstić information content (AvgIpc) is 3.02. The summed E-state index contributed by atoms with van der Waals surface area (Å²) in [6, 6.07) is 5.04. The number of nitrogens with zero attached hydrogens (tertiary/aromatic N) is 1. The van der Waals surface area contributed by atoms with Crippen LogP contribution < -0.4 is 15.5 Å². The van der Waals surface area contributed by atoms with Crippen molar-refractivity contribution in [3.8, 4) is 0 Å². The van der Waals surface area contributed by atoms with E-state index in [1.807, 2.05) is 45.9 Å². The standard InChI is InChI=1S/C20H27N3O5/c1-12(2)9-21-20(27)22-17(24)11-28-19(26)15-8-18(25)23(10-15)16-7-5-6-13(3)14(16)4/h5-7,12,15H,8-11H2,1-4H3,(H2,21,22,24,27)/t15-/m1/s1. The van der Waals surface area contributed by atoms with Crippen LogP contribution in [0, 0.1) is 25.7 Å². The van der Waals surface area contributed by atoms with Gasteiger partial charge in [-0.2, -0.15) is 0 Å². The van der Waals surface area contributed by atoms with E-state index in [1.54, 1.807) is 4.90 Å². The summed E-state index contributed by atoms with van der Waals surface area (Å²) in [5, 5.41) is 4.63. The zero-order chi connectivity index (χ0) is 20.8. The van der Waals surface area contributed by atoms with Gasteiger partial charge in [-0.15, -0.1) is 0 Å². The van der Waals surface area contributed by atoms with Crippen LogP contribution in [0.1, 0.15) is 31.4 Å². The minimum absolute atomic E-state index is 0.0305. The van der Waals surface area contributed by atoms with Gasteiger partial charge in [0, 0.05) is 25.2 Å². The van der Waals surface area contributed by atoms with Crippen LogP contribution in [0.5, 0.6) is 0 Å². The molecule has 8 nitrogen and oxygen atoms in total. The first kappa shape index (κ1) is 21.4. The van der Waals surface area contributed by atoms with Crippen molar-refractivity contribution in [2.45, 2.75) is 34.1 Å². The normalized spacial score (nSPS) is 16.2. The Morgan fingerprint density at radius 1 is 1.25 bits per heavy atom. The largest absolute Gasteiger partial charge is 0.455 e. The predicted molar refractivity (Wildman–Crippen MR) is 104 cm³/mol. The maximum absolute atomic E-state index is 12.3. The summed E-state index contributed by atoms with van der Waals surface area (Å²) >= 11 is 0. The van der Waals surface area contributed by atoms with Gasteiger partial charge in [-0.1, -0.05) is 26.0 Å². The van der Waals surface area contributed by atoms with Crippen molar-refractivity contribution >= 4 is 29.5 Å². The molecule has 1 aliphatic heterocycles. The maximum Gasteiger partial charge on any atom is 0.321 e. The second-order valence-electron chi connectivity index (χ2n) is 7.38. The molecule has 0 aromatic heterocycles. The number of anilines is 1. The predicted octanol–water partition coefficient (Wildman–Crippen LogP) is 1.68. The number of carbonyl (C=O) groups excluding carboxylic acids is 4. The van der Waals surface area contributed by atoms with Crippen molar-refractivity contribution in [2.75, 3.05) is 24.6 Å². The van der Waals surface area contributed by atoms with Crippen molar-refractivity contribution in [3.05, 3.63) is 29.3 Å². The molecule has 2 N–H and O–H groups in total. The molecule has 2 rings (SSSR count). The van der Waals surface area contributed by atoms with Gasteiger partial charge in [-0.05, 0) is 37.0 Å². The quantitative estimate of drug-likeness (QED) is 0.721. The van der Waals surface area contributed by atoms with Gasteiger partial charge in [-0.25, -0.2) is 4.79 Å². The van der Waals surface area contributed by atoms with Crippen LogP contribution in [0.4, 0.5) is 10.5 Å². The third-order valence-corrected chi connectivity index (χ3v) is 4.59. The molecule has 1 aliphatic rings. The van der Waals surface area contributed by atoms with E-state index in [1.165, 1.54) is 0 Å². The molecule has 8 heteroatoms. The highest BCUT2D eigenvalue weighted by atomic mass is 16.5. The van der Waals surface area contributed by atoms with E-state index in [4.69, 9.17) is 4.74 Å². The molecule has 0 aliphatic carbocycles. The summed E-state index contributed by atoms with van der Waals surface area (Å²) in [6.45, 7) is 7.81.